The molecule has 30 heavy (non-hydrogen) atoms. The molecule has 2 aromatic carbocycles. The first-order valence-electron chi connectivity index (χ1n) is 8.88. The topological polar surface area (TPSA) is 74.5 Å². The molecule has 6 nitrogen and oxygen atoms in total. The van der Waals surface area contributed by atoms with Crippen molar-refractivity contribution in [2.75, 3.05) is 5.73 Å². The van der Waals surface area contributed by atoms with Gasteiger partial charge in [0, 0.05) is 16.3 Å². The second kappa shape index (κ2) is 7.49. The van der Waals surface area contributed by atoms with Crippen LogP contribution in [0.15, 0.2) is 55.0 Å². The highest BCUT2D eigenvalue weighted by Crippen LogP contribution is 2.29. The smallest absolute Gasteiger partial charge is 0.399 e. The Morgan fingerprint density at radius 3 is 2.43 bits per heavy atom. The Morgan fingerprint density at radius 1 is 1.07 bits per heavy atom. The van der Waals surface area contributed by atoms with Gasteiger partial charge in [-0.1, -0.05) is 35.9 Å². The van der Waals surface area contributed by atoms with Gasteiger partial charge in [-0.05, 0) is 36.2 Å². The summed E-state index contributed by atoms with van der Waals surface area (Å²) in [5, 5.41) is 8.70. The summed E-state index contributed by atoms with van der Waals surface area (Å²) in [6.07, 6.45) is -1.98. The predicted octanol–water partition coefficient (Wildman–Crippen LogP) is 4.74. The fourth-order valence-electron chi connectivity index (χ4n) is 3.01. The van der Waals surface area contributed by atoms with E-state index in [4.69, 9.17) is 17.3 Å². The molecule has 0 aliphatic carbocycles. The van der Waals surface area contributed by atoms with Crippen molar-refractivity contribution < 1.29 is 13.2 Å². The van der Waals surface area contributed by atoms with Gasteiger partial charge in [0.25, 0.3) is 5.82 Å². The van der Waals surface area contributed by atoms with E-state index in [-0.39, 0.29) is 0 Å². The van der Waals surface area contributed by atoms with Gasteiger partial charge in [-0.2, -0.15) is 18.3 Å². The summed E-state index contributed by atoms with van der Waals surface area (Å²) < 4.78 is 41.6. The second-order valence-electron chi connectivity index (χ2n) is 6.77. The minimum atomic E-state index is -4.64. The summed E-state index contributed by atoms with van der Waals surface area (Å²) in [6, 6.07) is 12.5. The van der Waals surface area contributed by atoms with Gasteiger partial charge in [0.1, 0.15) is 17.7 Å². The number of nitrogen functional groups attached to an aromatic ring is 1. The third-order valence-corrected chi connectivity index (χ3v) is 4.78. The van der Waals surface area contributed by atoms with Crippen LogP contribution in [0.25, 0.3) is 16.9 Å². The molecular formula is C20H16ClF3N6. The standard InChI is InChI=1S/C20H16ClF3N6/c1-12-8-13(2-7-16(12)25)9-29-10-17(30-11-26-19(28-30)20(22,23)24)18(27-29)14-3-5-15(21)6-4-14/h2-8,10-11H,9,25H2,1H3. The zero-order chi connectivity index (χ0) is 21.5. The van der Waals surface area contributed by atoms with E-state index in [1.807, 2.05) is 25.1 Å². The van der Waals surface area contributed by atoms with Crippen LogP contribution in [-0.2, 0) is 12.7 Å². The molecule has 0 radical (unpaired) electrons. The van der Waals surface area contributed by atoms with E-state index < -0.39 is 12.0 Å². The summed E-state index contributed by atoms with van der Waals surface area (Å²) in [5.41, 5.74) is 9.95. The molecule has 0 unspecified atom stereocenters. The van der Waals surface area contributed by atoms with Crippen LogP contribution < -0.4 is 5.73 Å². The largest absolute Gasteiger partial charge is 0.453 e. The number of nitrogens with zero attached hydrogens (tertiary/aromatic N) is 5. The molecular weight excluding hydrogens is 417 g/mol. The predicted molar refractivity (Wildman–Crippen MR) is 107 cm³/mol. The lowest BCUT2D eigenvalue weighted by Gasteiger charge is -2.05. The summed E-state index contributed by atoms with van der Waals surface area (Å²) >= 11 is 5.96. The normalized spacial score (nSPS) is 11.8. The number of rotatable bonds is 4. The average Bonchev–Trinajstić information content (AvgIpc) is 3.32. The van der Waals surface area contributed by atoms with E-state index in [0.29, 0.717) is 34.2 Å². The molecule has 2 N–H and O–H groups in total. The molecule has 0 saturated carbocycles. The Balaban J connectivity index is 1.78. The molecule has 2 heterocycles. The van der Waals surface area contributed by atoms with E-state index >= 15 is 0 Å². The molecule has 4 aromatic rings. The van der Waals surface area contributed by atoms with Crippen LogP contribution in [-0.4, -0.2) is 24.5 Å². The molecule has 2 aromatic heterocycles. The van der Waals surface area contributed by atoms with Crippen LogP contribution in [0.3, 0.4) is 0 Å². The highest BCUT2D eigenvalue weighted by Gasteiger charge is 2.36. The van der Waals surface area contributed by atoms with Crippen LogP contribution in [0, 0.1) is 6.92 Å². The van der Waals surface area contributed by atoms with E-state index in [9.17, 15) is 13.2 Å². The van der Waals surface area contributed by atoms with Gasteiger partial charge >= 0.3 is 6.18 Å². The third-order valence-electron chi connectivity index (χ3n) is 4.53. The van der Waals surface area contributed by atoms with Crippen molar-refractivity contribution in [1.29, 1.82) is 0 Å². The maximum Gasteiger partial charge on any atom is 0.453 e. The molecule has 10 heteroatoms. The van der Waals surface area contributed by atoms with Crippen molar-refractivity contribution >= 4 is 17.3 Å². The number of hydrogen-bond acceptors (Lipinski definition) is 4. The Labute approximate surface area is 174 Å². The van der Waals surface area contributed by atoms with Crippen LogP contribution in [0.1, 0.15) is 17.0 Å². The van der Waals surface area contributed by atoms with Crippen molar-refractivity contribution in [1.82, 2.24) is 24.5 Å². The maximum absolute atomic E-state index is 13.0. The van der Waals surface area contributed by atoms with Crippen molar-refractivity contribution in [2.45, 2.75) is 19.6 Å². The van der Waals surface area contributed by atoms with E-state index in [0.717, 1.165) is 22.1 Å². The highest BCUT2D eigenvalue weighted by atomic mass is 35.5. The van der Waals surface area contributed by atoms with Gasteiger partial charge in [0.15, 0.2) is 0 Å². The molecule has 4 rings (SSSR count). The summed E-state index contributed by atoms with van der Waals surface area (Å²) in [5.74, 6) is -1.22. The summed E-state index contributed by atoms with van der Waals surface area (Å²) in [6.45, 7) is 2.31. The van der Waals surface area contributed by atoms with Gasteiger partial charge in [0.05, 0.1) is 12.7 Å². The van der Waals surface area contributed by atoms with Crippen molar-refractivity contribution in [3.05, 3.63) is 77.0 Å². The van der Waals surface area contributed by atoms with Crippen LogP contribution in [0.4, 0.5) is 18.9 Å². The molecule has 0 aliphatic heterocycles. The maximum atomic E-state index is 13.0. The molecule has 0 aliphatic rings. The fraction of sp³-hybridized carbons (Fsp3) is 0.150. The third kappa shape index (κ3) is 4.02. The van der Waals surface area contributed by atoms with Crippen molar-refractivity contribution in [2.24, 2.45) is 0 Å². The number of benzene rings is 2. The zero-order valence-electron chi connectivity index (χ0n) is 15.7. The summed E-state index contributed by atoms with van der Waals surface area (Å²) in [7, 11) is 0. The Morgan fingerprint density at radius 2 is 1.80 bits per heavy atom. The van der Waals surface area contributed by atoms with Crippen LogP contribution in [0.5, 0.6) is 0 Å². The quantitative estimate of drug-likeness (QED) is 0.472. The lowest BCUT2D eigenvalue weighted by atomic mass is 10.1. The van der Waals surface area contributed by atoms with E-state index in [1.54, 1.807) is 35.1 Å². The van der Waals surface area contributed by atoms with Crippen molar-refractivity contribution in [3.63, 3.8) is 0 Å². The van der Waals surface area contributed by atoms with Crippen LogP contribution in [0.2, 0.25) is 5.02 Å². The molecule has 0 saturated heterocycles. The Hall–Kier alpha value is -3.33. The number of nitrogens with two attached hydrogens (primary N) is 1. The van der Waals surface area contributed by atoms with Crippen LogP contribution >= 0.6 is 11.6 Å². The van der Waals surface area contributed by atoms with Gasteiger partial charge in [-0.25, -0.2) is 9.67 Å². The molecule has 0 spiro atoms. The zero-order valence-corrected chi connectivity index (χ0v) is 16.5. The second-order valence-corrected chi connectivity index (χ2v) is 7.21. The minimum Gasteiger partial charge on any atom is -0.399 e. The Bertz CT molecular complexity index is 1190. The fourth-order valence-corrected chi connectivity index (χ4v) is 3.13. The monoisotopic (exact) mass is 432 g/mol. The first kappa shape index (κ1) is 20.0. The van der Waals surface area contributed by atoms with Crippen molar-refractivity contribution in [3.8, 4) is 16.9 Å². The number of aryl methyl sites for hydroxylation is 1. The van der Waals surface area contributed by atoms with Gasteiger partial charge in [0.2, 0.25) is 0 Å². The van der Waals surface area contributed by atoms with E-state index in [1.165, 1.54) is 0 Å². The number of anilines is 1. The molecule has 0 atom stereocenters. The lowest BCUT2D eigenvalue weighted by Crippen LogP contribution is -2.08. The lowest BCUT2D eigenvalue weighted by molar-refractivity contribution is -0.144. The number of alkyl halides is 3. The van der Waals surface area contributed by atoms with Gasteiger partial charge in [-0.15, -0.1) is 5.10 Å². The first-order valence-corrected chi connectivity index (χ1v) is 9.26. The number of aromatic nitrogens is 5. The SMILES string of the molecule is Cc1cc(Cn2cc(-n3cnc(C(F)(F)F)n3)c(-c3ccc(Cl)cc3)n2)ccc1N. The highest BCUT2D eigenvalue weighted by molar-refractivity contribution is 6.30. The molecule has 0 fully saturated rings. The Kier molecular flexibility index (Phi) is 4.98. The van der Waals surface area contributed by atoms with E-state index in [2.05, 4.69) is 15.2 Å². The van der Waals surface area contributed by atoms with Gasteiger partial charge < -0.3 is 5.73 Å². The molecule has 154 valence electrons. The van der Waals surface area contributed by atoms with Gasteiger partial charge in [-0.3, -0.25) is 4.68 Å². The average molecular weight is 433 g/mol. The number of halogens is 4. The number of hydrogen-bond donors (Lipinski definition) is 1. The molecule has 0 amide bonds. The first-order chi connectivity index (χ1) is 14.2. The molecule has 0 bridgehead atoms. The summed E-state index contributed by atoms with van der Waals surface area (Å²) in [4.78, 5) is 3.38. The minimum absolute atomic E-state index is 0.368.